The highest BCUT2D eigenvalue weighted by Gasteiger charge is 2.47. The molecule has 2 saturated carbocycles. The number of halogens is 1. The topological polar surface area (TPSA) is 83.5 Å². The lowest BCUT2D eigenvalue weighted by molar-refractivity contribution is -0.137. The van der Waals surface area contributed by atoms with E-state index in [0.29, 0.717) is 24.2 Å². The average Bonchev–Trinajstić information content (AvgIpc) is 3.26. The van der Waals surface area contributed by atoms with Gasteiger partial charge in [-0.25, -0.2) is 13.1 Å². The van der Waals surface area contributed by atoms with Crippen molar-refractivity contribution in [3.05, 3.63) is 51.0 Å². The summed E-state index contributed by atoms with van der Waals surface area (Å²) in [6.07, 6.45) is 11.6. The van der Waals surface area contributed by atoms with E-state index in [1.165, 1.54) is 11.8 Å². The Bertz CT molecular complexity index is 863. The van der Waals surface area contributed by atoms with Crippen LogP contribution in [0.1, 0.15) is 50.5 Å². The first-order valence-corrected chi connectivity index (χ1v) is 12.8. The molecule has 2 aliphatic carbocycles. The van der Waals surface area contributed by atoms with Gasteiger partial charge in [0.15, 0.2) is 0 Å². The zero-order valence-electron chi connectivity index (χ0n) is 16.3. The van der Waals surface area contributed by atoms with Crippen molar-refractivity contribution in [3.8, 4) is 0 Å². The lowest BCUT2D eigenvalue weighted by Crippen LogP contribution is -2.43. The van der Waals surface area contributed by atoms with Gasteiger partial charge in [-0.15, -0.1) is 0 Å². The second-order valence-electron chi connectivity index (χ2n) is 8.03. The lowest BCUT2D eigenvalue weighted by atomic mass is 9.83. The van der Waals surface area contributed by atoms with Crippen molar-refractivity contribution in [2.45, 2.75) is 51.0 Å². The minimum absolute atomic E-state index is 0.0104. The fourth-order valence-electron chi connectivity index (χ4n) is 4.65. The molecule has 2 fully saturated rings. The van der Waals surface area contributed by atoms with Crippen LogP contribution in [0, 0.1) is 21.3 Å². The molecule has 0 spiro atoms. The first-order chi connectivity index (χ1) is 13.8. The van der Waals surface area contributed by atoms with E-state index >= 15 is 0 Å². The number of carboxylic acid groups (broad SMARTS) is 1. The number of hydrogen-bond donors (Lipinski definition) is 2. The number of unbranched alkanes of at least 4 members (excludes halogenated alkanes) is 1. The van der Waals surface area contributed by atoms with E-state index in [0.717, 1.165) is 34.8 Å². The molecule has 29 heavy (non-hydrogen) atoms. The number of aliphatic carboxylic acids is 1. The van der Waals surface area contributed by atoms with Crippen LogP contribution in [0.5, 0.6) is 0 Å². The SMILES string of the molecule is O=C(O)CCC/C=C/CC1C2CCC(C2)C1NS(=O)(=O)/C=C/c1ccc(I)cc1. The summed E-state index contributed by atoms with van der Waals surface area (Å²) in [6, 6.07) is 7.71. The van der Waals surface area contributed by atoms with Crippen LogP contribution in [-0.2, 0) is 14.8 Å². The van der Waals surface area contributed by atoms with Crippen LogP contribution in [0.4, 0.5) is 0 Å². The van der Waals surface area contributed by atoms with Crippen LogP contribution in [0.25, 0.3) is 6.08 Å². The molecule has 2 bridgehead atoms. The summed E-state index contributed by atoms with van der Waals surface area (Å²) in [4.78, 5) is 10.6. The summed E-state index contributed by atoms with van der Waals surface area (Å²) in [5.74, 6) is 0.564. The summed E-state index contributed by atoms with van der Waals surface area (Å²) >= 11 is 2.22. The largest absolute Gasteiger partial charge is 0.481 e. The Morgan fingerprint density at radius 1 is 1.17 bits per heavy atom. The number of carbonyl (C=O) groups is 1. The van der Waals surface area contributed by atoms with E-state index in [9.17, 15) is 13.2 Å². The summed E-state index contributed by atoms with van der Waals surface area (Å²) < 4.78 is 29.4. The highest BCUT2D eigenvalue weighted by atomic mass is 127. The molecule has 7 heteroatoms. The standard InChI is InChI=1S/C22H28INO4S/c23-19-11-7-16(8-12-19)13-14-29(27,28)24-22-18-10-9-17(15-18)20(22)5-3-1-2-4-6-21(25)26/h1,3,7-8,11-14,17-18,20,22,24H,2,4-6,9-10,15H2,(H,25,26)/b3-1+,14-13+. The van der Waals surface area contributed by atoms with E-state index in [4.69, 9.17) is 5.11 Å². The molecule has 0 heterocycles. The number of benzene rings is 1. The van der Waals surface area contributed by atoms with Crippen molar-refractivity contribution in [2.75, 3.05) is 0 Å². The van der Waals surface area contributed by atoms with Crippen molar-refractivity contribution in [1.29, 1.82) is 0 Å². The van der Waals surface area contributed by atoms with Crippen LogP contribution < -0.4 is 4.72 Å². The maximum atomic E-state index is 12.7. The summed E-state index contributed by atoms with van der Waals surface area (Å²) in [6.45, 7) is 0. The number of sulfonamides is 1. The Morgan fingerprint density at radius 2 is 1.90 bits per heavy atom. The maximum absolute atomic E-state index is 12.7. The second kappa shape index (κ2) is 10.2. The first-order valence-electron chi connectivity index (χ1n) is 10.2. The molecular formula is C22H28INO4S. The molecule has 0 radical (unpaired) electrons. The maximum Gasteiger partial charge on any atom is 0.303 e. The van der Waals surface area contributed by atoms with Crippen LogP contribution in [0.3, 0.4) is 0 Å². The first kappa shape index (κ1) is 22.5. The van der Waals surface area contributed by atoms with Gasteiger partial charge >= 0.3 is 5.97 Å². The van der Waals surface area contributed by atoms with Gasteiger partial charge in [-0.05, 0) is 103 Å². The molecule has 4 atom stereocenters. The third-order valence-electron chi connectivity index (χ3n) is 6.03. The highest BCUT2D eigenvalue weighted by molar-refractivity contribution is 14.1. The monoisotopic (exact) mass is 529 g/mol. The van der Waals surface area contributed by atoms with Crippen molar-refractivity contribution in [1.82, 2.24) is 4.72 Å². The van der Waals surface area contributed by atoms with Gasteiger partial charge in [0.05, 0.1) is 0 Å². The van der Waals surface area contributed by atoms with E-state index < -0.39 is 16.0 Å². The zero-order chi connectivity index (χ0) is 20.9. The predicted octanol–water partition coefficient (Wildman–Crippen LogP) is 4.80. The van der Waals surface area contributed by atoms with Crippen LogP contribution in [-0.4, -0.2) is 25.5 Å². The minimum Gasteiger partial charge on any atom is -0.481 e. The summed E-state index contributed by atoms with van der Waals surface area (Å²) in [7, 11) is -3.50. The number of hydrogen-bond acceptors (Lipinski definition) is 3. The van der Waals surface area contributed by atoms with Crippen LogP contribution >= 0.6 is 22.6 Å². The van der Waals surface area contributed by atoms with Gasteiger partial charge in [0.1, 0.15) is 0 Å². The minimum atomic E-state index is -3.50. The third-order valence-corrected chi connectivity index (χ3v) is 7.85. The van der Waals surface area contributed by atoms with Crippen molar-refractivity contribution >= 4 is 44.7 Å². The molecule has 3 rings (SSSR count). The zero-order valence-corrected chi connectivity index (χ0v) is 19.3. The Labute approximate surface area is 186 Å². The van der Waals surface area contributed by atoms with Gasteiger partial charge in [0, 0.05) is 21.4 Å². The molecule has 2 N–H and O–H groups in total. The van der Waals surface area contributed by atoms with Crippen molar-refractivity contribution in [3.63, 3.8) is 0 Å². The number of carboxylic acids is 1. The number of fused-ring (bicyclic) bond motifs is 2. The molecule has 0 saturated heterocycles. The van der Waals surface area contributed by atoms with E-state index in [-0.39, 0.29) is 12.5 Å². The molecule has 0 aromatic heterocycles. The number of allylic oxidation sites excluding steroid dienone is 2. The van der Waals surface area contributed by atoms with Gasteiger partial charge in [0.2, 0.25) is 10.0 Å². The van der Waals surface area contributed by atoms with Crippen LogP contribution in [0.15, 0.2) is 41.8 Å². The molecular weight excluding hydrogens is 501 g/mol. The molecule has 0 aliphatic heterocycles. The molecule has 4 unspecified atom stereocenters. The van der Waals surface area contributed by atoms with E-state index in [1.54, 1.807) is 6.08 Å². The second-order valence-corrected chi connectivity index (χ2v) is 10.9. The summed E-state index contributed by atoms with van der Waals surface area (Å²) in [5, 5.41) is 9.97. The van der Waals surface area contributed by atoms with Crippen molar-refractivity contribution in [2.24, 2.45) is 17.8 Å². The van der Waals surface area contributed by atoms with Gasteiger partial charge in [-0.1, -0.05) is 24.3 Å². The molecule has 1 aromatic carbocycles. The van der Waals surface area contributed by atoms with Gasteiger partial charge in [0.25, 0.3) is 0 Å². The Balaban J connectivity index is 1.58. The normalized spacial score (nSPS) is 26.7. The van der Waals surface area contributed by atoms with Gasteiger partial charge in [-0.3, -0.25) is 4.79 Å². The molecule has 5 nitrogen and oxygen atoms in total. The van der Waals surface area contributed by atoms with Crippen molar-refractivity contribution < 1.29 is 18.3 Å². The van der Waals surface area contributed by atoms with Gasteiger partial charge < -0.3 is 5.11 Å². The quantitative estimate of drug-likeness (QED) is 0.259. The van der Waals surface area contributed by atoms with Gasteiger partial charge in [-0.2, -0.15) is 0 Å². The fourth-order valence-corrected chi connectivity index (χ4v) is 6.17. The highest BCUT2D eigenvalue weighted by Crippen LogP contribution is 2.50. The lowest BCUT2D eigenvalue weighted by Gasteiger charge is -2.30. The number of nitrogens with one attached hydrogen (secondary N) is 1. The number of rotatable bonds is 10. The smallest absolute Gasteiger partial charge is 0.303 e. The Kier molecular flexibility index (Phi) is 7.92. The molecule has 0 amide bonds. The third kappa shape index (κ3) is 6.65. The average molecular weight is 529 g/mol. The predicted molar refractivity (Wildman–Crippen MR) is 124 cm³/mol. The summed E-state index contributed by atoms with van der Waals surface area (Å²) in [5.41, 5.74) is 0.865. The molecule has 2 aliphatic rings. The Hall–Kier alpha value is -1.19. The fraction of sp³-hybridized carbons (Fsp3) is 0.500. The van der Waals surface area contributed by atoms with E-state index in [2.05, 4.69) is 33.4 Å². The van der Waals surface area contributed by atoms with Crippen LogP contribution in [0.2, 0.25) is 0 Å². The Morgan fingerprint density at radius 3 is 2.62 bits per heavy atom. The molecule has 1 aromatic rings. The van der Waals surface area contributed by atoms with E-state index in [1.807, 2.05) is 30.3 Å². The molecule has 158 valence electrons.